The molecule has 5 nitrogen and oxygen atoms in total. The molecule has 1 aromatic carbocycles. The molecule has 138 valence electrons. The molecule has 1 fully saturated rings. The van der Waals surface area contributed by atoms with E-state index in [0.29, 0.717) is 18.1 Å². The lowest BCUT2D eigenvalue weighted by molar-refractivity contribution is -0.140. The van der Waals surface area contributed by atoms with E-state index in [4.69, 9.17) is 11.6 Å². The number of anilines is 1. The van der Waals surface area contributed by atoms with Crippen molar-refractivity contribution in [1.82, 2.24) is 9.80 Å². The zero-order valence-electron chi connectivity index (χ0n) is 15.5. The third-order valence-electron chi connectivity index (χ3n) is 4.87. The normalized spacial score (nSPS) is 15.4. The van der Waals surface area contributed by atoms with Crippen LogP contribution in [0.25, 0.3) is 0 Å². The van der Waals surface area contributed by atoms with Gasteiger partial charge in [-0.3, -0.25) is 9.59 Å². The molecule has 0 spiro atoms. The second-order valence-corrected chi connectivity index (χ2v) is 7.44. The lowest BCUT2D eigenvalue weighted by Crippen LogP contribution is -2.46. The van der Waals surface area contributed by atoms with Gasteiger partial charge in [0.1, 0.15) is 0 Å². The van der Waals surface area contributed by atoms with Crippen molar-refractivity contribution in [3.63, 3.8) is 0 Å². The standard InChI is InChI=1S/C19H28ClN3O2/c1-13(2)22(4)19(25)15-7-9-23(10-8-15)18(24)12-21-17-11-14(3)5-6-16(17)20/h5-6,11,13,15,21H,7-10,12H2,1-4H3. The first kappa shape index (κ1) is 19.6. The maximum atomic E-state index is 12.4. The molecule has 0 aliphatic carbocycles. The maximum absolute atomic E-state index is 12.4. The first-order valence-electron chi connectivity index (χ1n) is 8.84. The molecule has 2 amide bonds. The van der Waals surface area contributed by atoms with E-state index >= 15 is 0 Å². The minimum atomic E-state index is 0.0237. The molecule has 0 unspecified atom stereocenters. The highest BCUT2D eigenvalue weighted by Crippen LogP contribution is 2.23. The Balaban J connectivity index is 1.83. The number of carbonyl (C=O) groups excluding carboxylic acids is 2. The molecule has 0 aromatic heterocycles. The van der Waals surface area contributed by atoms with Gasteiger partial charge in [-0.05, 0) is 51.3 Å². The highest BCUT2D eigenvalue weighted by molar-refractivity contribution is 6.33. The smallest absolute Gasteiger partial charge is 0.241 e. The monoisotopic (exact) mass is 365 g/mol. The zero-order valence-corrected chi connectivity index (χ0v) is 16.3. The van der Waals surface area contributed by atoms with Gasteiger partial charge in [-0.1, -0.05) is 17.7 Å². The van der Waals surface area contributed by atoms with E-state index < -0.39 is 0 Å². The lowest BCUT2D eigenvalue weighted by Gasteiger charge is -2.34. The molecule has 1 saturated heterocycles. The molecule has 25 heavy (non-hydrogen) atoms. The zero-order chi connectivity index (χ0) is 18.6. The van der Waals surface area contributed by atoms with Crippen molar-refractivity contribution in [3.8, 4) is 0 Å². The fourth-order valence-electron chi connectivity index (χ4n) is 2.98. The van der Waals surface area contributed by atoms with Crippen molar-refractivity contribution in [2.24, 2.45) is 5.92 Å². The van der Waals surface area contributed by atoms with Gasteiger partial charge in [-0.25, -0.2) is 0 Å². The van der Waals surface area contributed by atoms with Gasteiger partial charge in [-0.15, -0.1) is 0 Å². The van der Waals surface area contributed by atoms with E-state index in [1.54, 1.807) is 4.90 Å². The van der Waals surface area contributed by atoms with Crippen molar-refractivity contribution in [2.75, 3.05) is 32.0 Å². The molecular weight excluding hydrogens is 338 g/mol. The van der Waals surface area contributed by atoms with Crippen LogP contribution in [-0.2, 0) is 9.59 Å². The topological polar surface area (TPSA) is 52.7 Å². The number of amides is 2. The van der Waals surface area contributed by atoms with Crippen molar-refractivity contribution in [1.29, 1.82) is 0 Å². The number of hydrogen-bond donors (Lipinski definition) is 1. The van der Waals surface area contributed by atoms with Crippen molar-refractivity contribution < 1.29 is 9.59 Å². The third-order valence-corrected chi connectivity index (χ3v) is 5.20. The number of aryl methyl sites for hydroxylation is 1. The molecule has 1 N–H and O–H groups in total. The summed E-state index contributed by atoms with van der Waals surface area (Å²) < 4.78 is 0. The molecule has 0 atom stereocenters. The Labute approximate surface area is 155 Å². The van der Waals surface area contributed by atoms with Gasteiger partial charge < -0.3 is 15.1 Å². The number of hydrogen-bond acceptors (Lipinski definition) is 3. The molecule has 0 saturated carbocycles. The Morgan fingerprint density at radius 2 is 1.96 bits per heavy atom. The summed E-state index contributed by atoms with van der Waals surface area (Å²) in [4.78, 5) is 28.4. The number of halogens is 1. The fourth-order valence-corrected chi connectivity index (χ4v) is 3.16. The number of carbonyl (C=O) groups is 2. The average Bonchev–Trinajstić information content (AvgIpc) is 2.61. The third kappa shape index (κ3) is 5.11. The van der Waals surface area contributed by atoms with Crippen molar-refractivity contribution >= 4 is 29.1 Å². The van der Waals surface area contributed by atoms with Crippen LogP contribution in [0.15, 0.2) is 18.2 Å². The van der Waals surface area contributed by atoms with E-state index in [9.17, 15) is 9.59 Å². The van der Waals surface area contributed by atoms with Crippen LogP contribution >= 0.6 is 11.6 Å². The number of piperidine rings is 1. The largest absolute Gasteiger partial charge is 0.375 e. The molecule has 1 aliphatic rings. The minimum absolute atomic E-state index is 0.0237. The summed E-state index contributed by atoms with van der Waals surface area (Å²) in [5.41, 5.74) is 1.87. The van der Waals surface area contributed by atoms with Crippen LogP contribution in [0.4, 0.5) is 5.69 Å². The number of benzene rings is 1. The quantitative estimate of drug-likeness (QED) is 0.872. The van der Waals surface area contributed by atoms with Gasteiger partial charge in [0.25, 0.3) is 0 Å². The summed E-state index contributed by atoms with van der Waals surface area (Å²) in [6.45, 7) is 7.49. The van der Waals surface area contributed by atoms with Gasteiger partial charge in [-0.2, -0.15) is 0 Å². The highest BCUT2D eigenvalue weighted by Gasteiger charge is 2.29. The predicted molar refractivity (Wildman–Crippen MR) is 102 cm³/mol. The van der Waals surface area contributed by atoms with E-state index in [1.807, 2.05) is 50.9 Å². The molecule has 0 radical (unpaired) electrons. The summed E-state index contributed by atoms with van der Waals surface area (Å²) in [5.74, 6) is 0.253. The van der Waals surface area contributed by atoms with Gasteiger partial charge in [0.15, 0.2) is 0 Å². The first-order valence-corrected chi connectivity index (χ1v) is 9.22. The number of likely N-dealkylation sites (tertiary alicyclic amines) is 1. The molecule has 2 rings (SSSR count). The van der Waals surface area contributed by atoms with Gasteiger partial charge in [0.05, 0.1) is 17.3 Å². The van der Waals surface area contributed by atoms with Crippen LogP contribution in [0.5, 0.6) is 0 Å². The Morgan fingerprint density at radius 3 is 2.56 bits per heavy atom. The van der Waals surface area contributed by atoms with Gasteiger partial charge >= 0.3 is 0 Å². The number of nitrogens with zero attached hydrogens (tertiary/aromatic N) is 2. The number of rotatable bonds is 5. The van der Waals surface area contributed by atoms with Crippen molar-refractivity contribution in [2.45, 2.75) is 39.7 Å². The fraction of sp³-hybridized carbons (Fsp3) is 0.579. The highest BCUT2D eigenvalue weighted by atomic mass is 35.5. The van der Waals surface area contributed by atoms with E-state index in [0.717, 1.165) is 24.1 Å². The van der Waals surface area contributed by atoms with E-state index in [2.05, 4.69) is 5.32 Å². The van der Waals surface area contributed by atoms with Crippen LogP contribution in [-0.4, -0.2) is 54.3 Å². The van der Waals surface area contributed by atoms with Gasteiger partial charge in [0, 0.05) is 32.1 Å². The van der Waals surface area contributed by atoms with E-state index in [-0.39, 0.29) is 30.3 Å². The second-order valence-electron chi connectivity index (χ2n) is 7.03. The second kappa shape index (κ2) is 8.56. The Kier molecular flexibility index (Phi) is 6.71. The average molecular weight is 366 g/mol. The summed E-state index contributed by atoms with van der Waals surface area (Å²) in [5, 5.41) is 3.73. The SMILES string of the molecule is Cc1ccc(Cl)c(NCC(=O)N2CCC(C(=O)N(C)C(C)C)CC2)c1. The van der Waals surface area contributed by atoms with Gasteiger partial charge in [0.2, 0.25) is 11.8 Å². The molecule has 0 bridgehead atoms. The lowest BCUT2D eigenvalue weighted by atomic mass is 9.95. The Bertz CT molecular complexity index is 625. The van der Waals surface area contributed by atoms with Crippen molar-refractivity contribution in [3.05, 3.63) is 28.8 Å². The maximum Gasteiger partial charge on any atom is 0.241 e. The summed E-state index contributed by atoms with van der Waals surface area (Å²) >= 11 is 6.14. The molecule has 1 aliphatic heterocycles. The Hall–Kier alpha value is -1.75. The van der Waals surface area contributed by atoms with Crippen LogP contribution in [0, 0.1) is 12.8 Å². The summed E-state index contributed by atoms with van der Waals surface area (Å²) in [6, 6.07) is 5.90. The van der Waals surface area contributed by atoms with E-state index in [1.165, 1.54) is 0 Å². The van der Waals surface area contributed by atoms with Crippen LogP contribution in [0.3, 0.4) is 0 Å². The summed E-state index contributed by atoms with van der Waals surface area (Å²) in [6.07, 6.45) is 1.46. The van der Waals surface area contributed by atoms with Crippen LogP contribution in [0.2, 0.25) is 5.02 Å². The summed E-state index contributed by atoms with van der Waals surface area (Å²) in [7, 11) is 1.85. The minimum Gasteiger partial charge on any atom is -0.375 e. The molecule has 1 heterocycles. The first-order chi connectivity index (χ1) is 11.8. The Morgan fingerprint density at radius 1 is 1.32 bits per heavy atom. The molecule has 6 heteroatoms. The molecule has 1 aromatic rings. The number of nitrogens with one attached hydrogen (secondary N) is 1. The van der Waals surface area contributed by atoms with Crippen LogP contribution in [0.1, 0.15) is 32.3 Å². The predicted octanol–water partition coefficient (Wildman–Crippen LogP) is 3.17. The molecular formula is C19H28ClN3O2. The van der Waals surface area contributed by atoms with Crippen LogP contribution < -0.4 is 5.32 Å².